The van der Waals surface area contributed by atoms with Crippen molar-refractivity contribution in [1.82, 2.24) is 9.80 Å². The zero-order valence-electron chi connectivity index (χ0n) is 12.9. The smallest absolute Gasteiger partial charge is 0.224 e. The molecule has 0 unspecified atom stereocenters. The van der Waals surface area contributed by atoms with Gasteiger partial charge in [-0.1, -0.05) is 30.3 Å². The van der Waals surface area contributed by atoms with Crippen molar-refractivity contribution in [3.8, 4) is 0 Å². The van der Waals surface area contributed by atoms with Crippen molar-refractivity contribution < 1.29 is 9.53 Å². The number of hydrogen-bond acceptors (Lipinski definition) is 4. The van der Waals surface area contributed by atoms with Gasteiger partial charge < -0.3 is 9.64 Å². The molecule has 1 aromatic carbocycles. The largest absolute Gasteiger partial charge is 0.378 e. The molecule has 2 saturated heterocycles. The minimum atomic E-state index is 0.272. The van der Waals surface area contributed by atoms with Crippen molar-refractivity contribution in [2.45, 2.75) is 12.5 Å². The van der Waals surface area contributed by atoms with Gasteiger partial charge in [0.1, 0.15) is 0 Å². The Labute approximate surface area is 136 Å². The molecule has 2 fully saturated rings. The molecule has 4 nitrogen and oxygen atoms in total. The van der Waals surface area contributed by atoms with Crippen molar-refractivity contribution in [2.75, 3.05) is 50.9 Å². The van der Waals surface area contributed by atoms with Gasteiger partial charge in [-0.05, 0) is 5.56 Å². The summed E-state index contributed by atoms with van der Waals surface area (Å²) in [4.78, 5) is 16.7. The second-order valence-corrected chi connectivity index (χ2v) is 6.93. The number of nitrogens with zero attached hydrogens (tertiary/aromatic N) is 2. The maximum Gasteiger partial charge on any atom is 0.224 e. The van der Waals surface area contributed by atoms with E-state index in [1.165, 1.54) is 5.56 Å². The highest BCUT2D eigenvalue weighted by atomic mass is 32.2. The number of amides is 1. The average Bonchev–Trinajstić information content (AvgIpc) is 2.61. The maximum absolute atomic E-state index is 12.3. The Morgan fingerprint density at radius 2 is 1.95 bits per heavy atom. The lowest BCUT2D eigenvalue weighted by Crippen LogP contribution is -2.43. The first-order chi connectivity index (χ1) is 10.8. The van der Waals surface area contributed by atoms with Crippen LogP contribution in [-0.4, -0.2) is 66.6 Å². The molecule has 0 radical (unpaired) electrons. The second-order valence-electron chi connectivity index (χ2n) is 5.78. The molecule has 1 amide bonds. The molecule has 0 aliphatic carbocycles. The highest BCUT2D eigenvalue weighted by molar-refractivity contribution is 7.99. The number of thioether (sulfide) groups is 1. The third-order valence-electron chi connectivity index (χ3n) is 4.40. The fraction of sp³-hybridized carbons (Fsp3) is 0.588. The molecule has 0 aromatic heterocycles. The van der Waals surface area contributed by atoms with E-state index in [2.05, 4.69) is 35.2 Å². The van der Waals surface area contributed by atoms with Crippen LogP contribution in [0.15, 0.2) is 30.3 Å². The van der Waals surface area contributed by atoms with E-state index in [4.69, 9.17) is 4.74 Å². The van der Waals surface area contributed by atoms with Crippen LogP contribution < -0.4 is 0 Å². The van der Waals surface area contributed by atoms with Crippen LogP contribution in [0.5, 0.6) is 0 Å². The normalized spacial score (nSPS) is 23.5. The summed E-state index contributed by atoms with van der Waals surface area (Å²) < 4.78 is 5.31. The summed E-state index contributed by atoms with van der Waals surface area (Å²) in [5.41, 5.74) is 1.37. The lowest BCUT2D eigenvalue weighted by molar-refractivity contribution is -0.135. The van der Waals surface area contributed by atoms with Crippen LogP contribution in [0.25, 0.3) is 0 Å². The van der Waals surface area contributed by atoms with Crippen molar-refractivity contribution in [2.24, 2.45) is 0 Å². The second kappa shape index (κ2) is 7.99. The first kappa shape index (κ1) is 15.8. The highest BCUT2D eigenvalue weighted by Crippen LogP contribution is 2.29. The molecule has 0 bridgehead atoms. The van der Waals surface area contributed by atoms with Gasteiger partial charge in [0.25, 0.3) is 0 Å². The van der Waals surface area contributed by atoms with E-state index in [0.29, 0.717) is 25.7 Å². The molecule has 2 aliphatic rings. The molecule has 1 atom stereocenters. The first-order valence-corrected chi connectivity index (χ1v) is 9.22. The minimum absolute atomic E-state index is 0.272. The number of rotatable bonds is 4. The average molecular weight is 320 g/mol. The first-order valence-electron chi connectivity index (χ1n) is 8.07. The van der Waals surface area contributed by atoms with E-state index in [0.717, 1.165) is 37.7 Å². The Bertz CT molecular complexity index is 477. The third kappa shape index (κ3) is 4.03. The van der Waals surface area contributed by atoms with Crippen LogP contribution in [0.3, 0.4) is 0 Å². The number of carbonyl (C=O) groups is 1. The van der Waals surface area contributed by atoms with Gasteiger partial charge in [0.15, 0.2) is 0 Å². The van der Waals surface area contributed by atoms with Crippen LogP contribution in [0.4, 0.5) is 0 Å². The Morgan fingerprint density at radius 1 is 1.18 bits per heavy atom. The summed E-state index contributed by atoms with van der Waals surface area (Å²) in [5.74, 6) is 2.55. The molecule has 1 aromatic rings. The Hall–Kier alpha value is -1.04. The van der Waals surface area contributed by atoms with Crippen LogP contribution in [0.2, 0.25) is 0 Å². The Balaban J connectivity index is 1.56. The fourth-order valence-electron chi connectivity index (χ4n) is 3.10. The topological polar surface area (TPSA) is 32.8 Å². The fourth-order valence-corrected chi connectivity index (χ4v) is 4.25. The van der Waals surface area contributed by atoms with E-state index in [-0.39, 0.29) is 5.91 Å². The lowest BCUT2D eigenvalue weighted by atomic mass is 10.1. The summed E-state index contributed by atoms with van der Waals surface area (Å²) in [6, 6.07) is 11.1. The van der Waals surface area contributed by atoms with Crippen molar-refractivity contribution >= 4 is 17.7 Å². The number of carbonyl (C=O) groups excluding carboxylic acids is 1. The zero-order chi connectivity index (χ0) is 15.2. The predicted molar refractivity (Wildman–Crippen MR) is 90.1 cm³/mol. The van der Waals surface area contributed by atoms with Crippen LogP contribution in [0.1, 0.15) is 18.0 Å². The number of ether oxygens (including phenoxy) is 1. The van der Waals surface area contributed by atoms with E-state index < -0.39 is 0 Å². The SMILES string of the molecule is O=C(CCN1CCSC[C@H]1c1ccccc1)N1CCOCC1. The molecule has 22 heavy (non-hydrogen) atoms. The van der Waals surface area contributed by atoms with Crippen molar-refractivity contribution in [3.05, 3.63) is 35.9 Å². The lowest BCUT2D eigenvalue weighted by Gasteiger charge is -2.36. The molecule has 5 heteroatoms. The van der Waals surface area contributed by atoms with Gasteiger partial charge in [-0.25, -0.2) is 0 Å². The van der Waals surface area contributed by atoms with Crippen LogP contribution in [-0.2, 0) is 9.53 Å². The quantitative estimate of drug-likeness (QED) is 0.850. The molecule has 0 saturated carbocycles. The molecule has 0 N–H and O–H groups in total. The van der Waals surface area contributed by atoms with Gasteiger partial charge >= 0.3 is 0 Å². The molecule has 2 heterocycles. The van der Waals surface area contributed by atoms with Gasteiger partial charge in [-0.3, -0.25) is 9.69 Å². The van der Waals surface area contributed by atoms with E-state index >= 15 is 0 Å². The molecule has 120 valence electrons. The molecular formula is C17H24N2O2S. The van der Waals surface area contributed by atoms with Gasteiger partial charge in [-0.2, -0.15) is 11.8 Å². The Morgan fingerprint density at radius 3 is 2.73 bits per heavy atom. The van der Waals surface area contributed by atoms with Crippen molar-refractivity contribution in [3.63, 3.8) is 0 Å². The Kier molecular flexibility index (Phi) is 5.76. The van der Waals surface area contributed by atoms with Crippen LogP contribution >= 0.6 is 11.8 Å². The standard InChI is InChI=1S/C17H24N2O2S/c20-17(19-8-11-21-12-9-19)6-7-18-10-13-22-14-16(18)15-4-2-1-3-5-15/h1-5,16H,6-14H2/t16-/m0/s1. The monoisotopic (exact) mass is 320 g/mol. The minimum Gasteiger partial charge on any atom is -0.378 e. The number of morpholine rings is 1. The van der Waals surface area contributed by atoms with Gasteiger partial charge in [0, 0.05) is 50.1 Å². The van der Waals surface area contributed by atoms with E-state index in [1.54, 1.807) is 0 Å². The summed E-state index contributed by atoms with van der Waals surface area (Å²) in [6.07, 6.45) is 0.619. The predicted octanol–water partition coefficient (Wildman–Crippen LogP) is 2.03. The highest BCUT2D eigenvalue weighted by Gasteiger charge is 2.25. The van der Waals surface area contributed by atoms with Crippen molar-refractivity contribution in [1.29, 1.82) is 0 Å². The molecule has 0 spiro atoms. The van der Waals surface area contributed by atoms with Gasteiger partial charge in [0.2, 0.25) is 5.91 Å². The van der Waals surface area contributed by atoms with Gasteiger partial charge in [0.05, 0.1) is 13.2 Å². The maximum atomic E-state index is 12.3. The molecule has 3 rings (SSSR count). The summed E-state index contributed by atoms with van der Waals surface area (Å²) in [5, 5.41) is 0. The number of benzene rings is 1. The summed E-state index contributed by atoms with van der Waals surface area (Å²) >= 11 is 2.01. The van der Waals surface area contributed by atoms with Gasteiger partial charge in [-0.15, -0.1) is 0 Å². The van der Waals surface area contributed by atoms with Crippen LogP contribution in [0, 0.1) is 0 Å². The third-order valence-corrected chi connectivity index (χ3v) is 5.42. The summed E-state index contributed by atoms with van der Waals surface area (Å²) in [7, 11) is 0. The number of hydrogen-bond donors (Lipinski definition) is 0. The summed E-state index contributed by atoms with van der Waals surface area (Å²) in [6.45, 7) is 4.78. The molecular weight excluding hydrogens is 296 g/mol. The molecule has 2 aliphatic heterocycles. The van der Waals surface area contributed by atoms with E-state index in [9.17, 15) is 4.79 Å². The zero-order valence-corrected chi connectivity index (χ0v) is 13.8. The van der Waals surface area contributed by atoms with E-state index in [1.807, 2.05) is 16.7 Å².